The van der Waals surface area contributed by atoms with Crippen LogP contribution < -0.4 is 10.7 Å². The van der Waals surface area contributed by atoms with E-state index >= 15 is 0 Å². The van der Waals surface area contributed by atoms with Crippen molar-refractivity contribution in [2.45, 2.75) is 6.23 Å². The Morgan fingerprint density at radius 1 is 1.50 bits per heavy atom. The molecule has 0 spiro atoms. The van der Waals surface area contributed by atoms with Crippen molar-refractivity contribution in [3.05, 3.63) is 0 Å². The van der Waals surface area contributed by atoms with Crippen LogP contribution in [0.2, 0.25) is 0 Å². The Hall–Kier alpha value is -1.18. The third-order valence-electron chi connectivity index (χ3n) is 1.77. The molecule has 1 aliphatic rings. The molecule has 1 unspecified atom stereocenters. The lowest BCUT2D eigenvalue weighted by molar-refractivity contribution is -0.135. The Balaban J connectivity index is 2.45. The van der Waals surface area contributed by atoms with Crippen LogP contribution in [0.1, 0.15) is 0 Å². The molecule has 1 aliphatic heterocycles. The molecule has 0 saturated carbocycles. The number of nitrogens with zero attached hydrogens (tertiary/aromatic N) is 2. The first kappa shape index (κ1) is 10.9. The molecule has 80 valence electrons. The molecule has 1 saturated heterocycles. The second-order valence-corrected chi connectivity index (χ2v) is 3.28. The average Bonchev–Trinajstić information content (AvgIpc) is 2.09. The minimum atomic E-state index is -1.35. The normalized spacial score (nSPS) is 22.9. The summed E-state index contributed by atoms with van der Waals surface area (Å²) in [6, 6.07) is -0.540. The minimum absolute atomic E-state index is 0.392. The summed E-state index contributed by atoms with van der Waals surface area (Å²) >= 11 is 0. The van der Waals surface area contributed by atoms with Crippen molar-refractivity contribution in [3.8, 4) is 0 Å². The summed E-state index contributed by atoms with van der Waals surface area (Å²) in [6.07, 6.45) is -1.35. The number of rotatable bonds is 3. The second-order valence-electron chi connectivity index (χ2n) is 3.28. The second kappa shape index (κ2) is 4.36. The van der Waals surface area contributed by atoms with Gasteiger partial charge in [-0.05, 0) is 14.1 Å². The van der Waals surface area contributed by atoms with E-state index in [1.54, 1.807) is 0 Å². The lowest BCUT2D eigenvalue weighted by atomic mass is 10.4. The number of amides is 3. The van der Waals surface area contributed by atoms with E-state index in [4.69, 9.17) is 5.11 Å². The zero-order valence-electron chi connectivity index (χ0n) is 8.15. The molecule has 14 heavy (non-hydrogen) atoms. The molecular formula is C7H14N4O3. The number of imide groups is 1. The first-order valence-corrected chi connectivity index (χ1v) is 4.22. The molecule has 0 aliphatic carbocycles. The number of hydrogen-bond donors (Lipinski definition) is 3. The van der Waals surface area contributed by atoms with Gasteiger partial charge in [-0.3, -0.25) is 15.1 Å². The zero-order valence-corrected chi connectivity index (χ0v) is 8.15. The van der Waals surface area contributed by atoms with Crippen LogP contribution in [0.5, 0.6) is 0 Å². The molecule has 1 rings (SSSR count). The number of hydrazine groups is 1. The maximum Gasteiger partial charge on any atom is 0.338 e. The van der Waals surface area contributed by atoms with Gasteiger partial charge in [0, 0.05) is 6.54 Å². The lowest BCUT2D eigenvalue weighted by Crippen LogP contribution is -2.64. The highest BCUT2D eigenvalue weighted by Crippen LogP contribution is 1.95. The average molecular weight is 202 g/mol. The zero-order chi connectivity index (χ0) is 10.7. The van der Waals surface area contributed by atoms with E-state index in [1.165, 1.54) is 5.01 Å². The van der Waals surface area contributed by atoms with Gasteiger partial charge >= 0.3 is 6.03 Å². The van der Waals surface area contributed by atoms with Gasteiger partial charge in [-0.2, -0.15) is 5.43 Å². The first-order chi connectivity index (χ1) is 6.50. The molecule has 0 aromatic carbocycles. The van der Waals surface area contributed by atoms with E-state index in [1.807, 2.05) is 24.3 Å². The van der Waals surface area contributed by atoms with E-state index in [2.05, 4.69) is 5.43 Å². The van der Waals surface area contributed by atoms with Crippen LogP contribution in [0.25, 0.3) is 0 Å². The van der Waals surface area contributed by atoms with E-state index in [-0.39, 0.29) is 0 Å². The molecule has 1 atom stereocenters. The predicted octanol–water partition coefficient (Wildman–Crippen LogP) is -2.08. The van der Waals surface area contributed by atoms with Crippen LogP contribution in [0.4, 0.5) is 4.79 Å². The van der Waals surface area contributed by atoms with E-state index in [0.717, 1.165) is 0 Å². The third-order valence-corrected chi connectivity index (χ3v) is 1.77. The van der Waals surface area contributed by atoms with Crippen molar-refractivity contribution >= 4 is 11.9 Å². The van der Waals surface area contributed by atoms with Gasteiger partial charge < -0.3 is 10.0 Å². The Labute approximate surface area is 81.6 Å². The van der Waals surface area contributed by atoms with Crippen LogP contribution in [0.15, 0.2) is 0 Å². The number of carbonyl (C=O) groups is 2. The van der Waals surface area contributed by atoms with Gasteiger partial charge in [0.1, 0.15) is 0 Å². The predicted molar refractivity (Wildman–Crippen MR) is 47.9 cm³/mol. The van der Waals surface area contributed by atoms with Crippen LogP contribution in [-0.4, -0.2) is 60.4 Å². The van der Waals surface area contributed by atoms with Crippen molar-refractivity contribution in [1.29, 1.82) is 0 Å². The summed E-state index contributed by atoms with van der Waals surface area (Å²) < 4.78 is 0. The van der Waals surface area contributed by atoms with E-state index in [9.17, 15) is 9.59 Å². The summed E-state index contributed by atoms with van der Waals surface area (Å²) in [5.41, 5.74) is 2.37. The summed E-state index contributed by atoms with van der Waals surface area (Å²) in [7, 11) is 3.73. The molecule has 0 radical (unpaired) electrons. The largest absolute Gasteiger partial charge is 0.369 e. The van der Waals surface area contributed by atoms with Crippen LogP contribution in [0, 0.1) is 0 Å². The maximum absolute atomic E-state index is 11.2. The number of likely N-dealkylation sites (N-methyl/N-ethyl adjacent to an activating group) is 1. The number of hydrogen-bond acceptors (Lipinski definition) is 5. The van der Waals surface area contributed by atoms with Gasteiger partial charge in [0.25, 0.3) is 5.91 Å². The number of aliphatic hydroxyl groups excluding tert-OH is 1. The highest BCUT2D eigenvalue weighted by Gasteiger charge is 2.29. The maximum atomic E-state index is 11.2. The van der Waals surface area contributed by atoms with Gasteiger partial charge in [-0.1, -0.05) is 0 Å². The summed E-state index contributed by atoms with van der Waals surface area (Å²) in [5, 5.41) is 12.3. The number of nitrogens with one attached hydrogen (secondary N) is 2. The quantitative estimate of drug-likeness (QED) is 0.489. The summed E-state index contributed by atoms with van der Waals surface area (Å²) in [4.78, 5) is 23.9. The monoisotopic (exact) mass is 202 g/mol. The van der Waals surface area contributed by atoms with Gasteiger partial charge in [0.2, 0.25) is 6.23 Å². The highest BCUT2D eigenvalue weighted by molar-refractivity contribution is 5.98. The summed E-state index contributed by atoms with van der Waals surface area (Å²) in [5.74, 6) is -0.726. The molecule has 3 N–H and O–H groups in total. The molecule has 1 heterocycles. The van der Waals surface area contributed by atoms with Crippen molar-refractivity contribution in [1.82, 2.24) is 20.7 Å². The van der Waals surface area contributed by atoms with Gasteiger partial charge in [-0.25, -0.2) is 4.79 Å². The molecule has 1 fully saturated rings. The Bertz CT molecular complexity index is 243. The third kappa shape index (κ3) is 2.66. The van der Waals surface area contributed by atoms with Crippen LogP contribution in [0.3, 0.4) is 0 Å². The first-order valence-electron chi connectivity index (χ1n) is 4.22. The Morgan fingerprint density at radius 2 is 2.14 bits per heavy atom. The molecule has 7 heteroatoms. The van der Waals surface area contributed by atoms with Crippen LogP contribution >= 0.6 is 0 Å². The molecule has 0 aromatic rings. The SMILES string of the molecule is CN(C)CCN1NC(O)C(=O)NC1=O. The Kier molecular flexibility index (Phi) is 3.39. The number of carbonyl (C=O) groups excluding carboxylic acids is 2. The lowest BCUT2D eigenvalue weighted by Gasteiger charge is -2.31. The van der Waals surface area contributed by atoms with E-state index in [0.29, 0.717) is 13.1 Å². The van der Waals surface area contributed by atoms with Crippen molar-refractivity contribution in [3.63, 3.8) is 0 Å². The Morgan fingerprint density at radius 3 is 2.71 bits per heavy atom. The summed E-state index contributed by atoms with van der Waals surface area (Å²) in [6.45, 7) is 1.03. The fourth-order valence-electron chi connectivity index (χ4n) is 0.972. The van der Waals surface area contributed by atoms with E-state index < -0.39 is 18.2 Å². The minimum Gasteiger partial charge on any atom is -0.369 e. The van der Waals surface area contributed by atoms with Crippen molar-refractivity contribution in [2.24, 2.45) is 0 Å². The van der Waals surface area contributed by atoms with Crippen LogP contribution in [-0.2, 0) is 4.79 Å². The van der Waals surface area contributed by atoms with Gasteiger partial charge in [-0.15, -0.1) is 0 Å². The smallest absolute Gasteiger partial charge is 0.338 e. The fourth-order valence-corrected chi connectivity index (χ4v) is 0.972. The molecular weight excluding hydrogens is 188 g/mol. The van der Waals surface area contributed by atoms with Gasteiger partial charge in [0.15, 0.2) is 0 Å². The fraction of sp³-hybridized carbons (Fsp3) is 0.714. The van der Waals surface area contributed by atoms with Crippen molar-refractivity contribution in [2.75, 3.05) is 27.2 Å². The number of urea groups is 1. The highest BCUT2D eigenvalue weighted by atomic mass is 16.3. The number of aliphatic hydroxyl groups is 1. The molecule has 0 aromatic heterocycles. The topological polar surface area (TPSA) is 84.9 Å². The van der Waals surface area contributed by atoms with Crippen molar-refractivity contribution < 1.29 is 14.7 Å². The molecule has 3 amide bonds. The molecule has 7 nitrogen and oxygen atoms in total. The molecule has 0 bridgehead atoms. The standard InChI is InChI=1S/C7H14N4O3/c1-10(2)3-4-11-7(14)8-5(12)6(13)9-11/h6,9,13H,3-4H2,1-2H3,(H,8,12,14). The van der Waals surface area contributed by atoms with Gasteiger partial charge in [0.05, 0.1) is 6.54 Å².